The van der Waals surface area contributed by atoms with Crippen LogP contribution in [0.3, 0.4) is 0 Å². The zero-order valence-corrected chi connectivity index (χ0v) is 12.8. The molecule has 0 radical (unpaired) electrons. The van der Waals surface area contributed by atoms with E-state index in [2.05, 4.69) is 21.2 Å². The van der Waals surface area contributed by atoms with Crippen molar-refractivity contribution in [3.63, 3.8) is 0 Å². The maximum absolute atomic E-state index is 13.8. The lowest BCUT2D eigenvalue weighted by atomic mass is 10.1. The molecule has 2 rings (SSSR count). The van der Waals surface area contributed by atoms with Crippen molar-refractivity contribution in [2.24, 2.45) is 5.73 Å². The fraction of sp³-hybridized carbons (Fsp3) is 0.133. The fourth-order valence-electron chi connectivity index (χ4n) is 1.87. The van der Waals surface area contributed by atoms with E-state index in [1.807, 2.05) is 6.92 Å². The van der Waals surface area contributed by atoms with E-state index in [0.717, 1.165) is 11.6 Å². The second-order valence-electron chi connectivity index (χ2n) is 4.61. The van der Waals surface area contributed by atoms with Gasteiger partial charge in [0, 0.05) is 23.4 Å². The summed E-state index contributed by atoms with van der Waals surface area (Å²) < 4.78 is 27.7. The molecule has 0 saturated heterocycles. The minimum Gasteiger partial charge on any atom is -0.381 e. The largest absolute Gasteiger partial charge is 0.381 e. The minimum atomic E-state index is -0.681. The second-order valence-corrected chi connectivity index (χ2v) is 5.46. The van der Waals surface area contributed by atoms with Gasteiger partial charge in [0.25, 0.3) is 0 Å². The summed E-state index contributed by atoms with van der Waals surface area (Å²) in [5.41, 5.74) is 6.97. The molecule has 2 aromatic carbocycles. The van der Waals surface area contributed by atoms with E-state index in [1.165, 1.54) is 18.2 Å². The van der Waals surface area contributed by atoms with Crippen LogP contribution in [-0.4, -0.2) is 5.91 Å². The van der Waals surface area contributed by atoms with Gasteiger partial charge < -0.3 is 11.1 Å². The lowest BCUT2D eigenvalue weighted by molar-refractivity contribution is 0.1000. The molecule has 0 saturated carbocycles. The van der Waals surface area contributed by atoms with Crippen LogP contribution in [0, 0.1) is 18.6 Å². The Bertz CT molecular complexity index is 704. The first-order valence-electron chi connectivity index (χ1n) is 6.16. The van der Waals surface area contributed by atoms with E-state index in [4.69, 9.17) is 5.73 Å². The summed E-state index contributed by atoms with van der Waals surface area (Å²) in [5.74, 6) is -1.61. The standard InChI is InChI=1S/C15H13BrF2N2O/c1-8-4-11(16)13(18)6-14(8)20-7-10-3-2-9(15(19)21)5-12(10)17/h2-6,20H,7H2,1H3,(H2,19,21). The highest BCUT2D eigenvalue weighted by Crippen LogP contribution is 2.24. The number of carbonyl (C=O) groups excluding carboxylic acids is 1. The van der Waals surface area contributed by atoms with Gasteiger partial charge >= 0.3 is 0 Å². The summed E-state index contributed by atoms with van der Waals surface area (Å²) in [4.78, 5) is 11.0. The Balaban J connectivity index is 2.17. The highest BCUT2D eigenvalue weighted by Gasteiger charge is 2.09. The number of halogens is 3. The summed E-state index contributed by atoms with van der Waals surface area (Å²) in [5, 5.41) is 2.97. The Morgan fingerprint density at radius 2 is 1.95 bits per heavy atom. The zero-order chi connectivity index (χ0) is 15.6. The van der Waals surface area contributed by atoms with Gasteiger partial charge in [-0.1, -0.05) is 6.07 Å². The smallest absolute Gasteiger partial charge is 0.248 e. The number of rotatable bonds is 4. The number of carbonyl (C=O) groups is 1. The molecule has 3 nitrogen and oxygen atoms in total. The van der Waals surface area contributed by atoms with Crippen molar-refractivity contribution >= 4 is 27.5 Å². The molecule has 0 spiro atoms. The maximum atomic E-state index is 13.8. The average Bonchev–Trinajstić information content (AvgIpc) is 2.42. The third kappa shape index (κ3) is 3.58. The Morgan fingerprint density at radius 3 is 2.57 bits per heavy atom. The quantitative estimate of drug-likeness (QED) is 0.878. The van der Waals surface area contributed by atoms with Gasteiger partial charge in [-0.2, -0.15) is 0 Å². The Hall–Kier alpha value is -1.95. The number of benzene rings is 2. The highest BCUT2D eigenvalue weighted by molar-refractivity contribution is 9.10. The Morgan fingerprint density at radius 1 is 1.24 bits per heavy atom. The molecule has 0 atom stereocenters. The van der Waals surface area contributed by atoms with Crippen LogP contribution in [0.2, 0.25) is 0 Å². The molecular weight excluding hydrogens is 342 g/mol. The van der Waals surface area contributed by atoms with Gasteiger partial charge in [-0.3, -0.25) is 4.79 Å². The monoisotopic (exact) mass is 354 g/mol. The summed E-state index contributed by atoms with van der Waals surface area (Å²) in [7, 11) is 0. The highest BCUT2D eigenvalue weighted by atomic mass is 79.9. The van der Waals surface area contributed by atoms with Crippen LogP contribution < -0.4 is 11.1 Å². The average molecular weight is 355 g/mol. The van der Waals surface area contributed by atoms with Crippen LogP contribution in [0.4, 0.5) is 14.5 Å². The lowest BCUT2D eigenvalue weighted by Crippen LogP contribution is -2.12. The van der Waals surface area contributed by atoms with Crippen LogP contribution in [0.25, 0.3) is 0 Å². The normalized spacial score (nSPS) is 10.5. The fourth-order valence-corrected chi connectivity index (χ4v) is 2.33. The number of primary amides is 1. The Kier molecular flexibility index (Phi) is 4.57. The van der Waals surface area contributed by atoms with Gasteiger partial charge in [0.2, 0.25) is 5.91 Å². The number of hydrogen-bond donors (Lipinski definition) is 2. The van der Waals surface area contributed by atoms with E-state index in [0.29, 0.717) is 15.7 Å². The Labute approximate surface area is 129 Å². The maximum Gasteiger partial charge on any atom is 0.248 e. The van der Waals surface area contributed by atoms with Gasteiger partial charge in [-0.05, 0) is 52.7 Å². The van der Waals surface area contributed by atoms with Gasteiger partial charge in [0.1, 0.15) is 11.6 Å². The molecule has 0 heterocycles. The second kappa shape index (κ2) is 6.22. The molecule has 0 aliphatic heterocycles. The van der Waals surface area contributed by atoms with Crippen LogP contribution in [-0.2, 0) is 6.54 Å². The van der Waals surface area contributed by atoms with Crippen molar-refractivity contribution in [1.82, 2.24) is 0 Å². The van der Waals surface area contributed by atoms with Gasteiger partial charge in [0.05, 0.1) is 4.47 Å². The number of amides is 1. The molecule has 0 aliphatic rings. The first-order chi connectivity index (χ1) is 9.88. The number of nitrogens with two attached hydrogens (primary N) is 1. The van der Waals surface area contributed by atoms with Crippen LogP contribution >= 0.6 is 15.9 Å². The van der Waals surface area contributed by atoms with E-state index in [-0.39, 0.29) is 12.1 Å². The summed E-state index contributed by atoms with van der Waals surface area (Å²) in [6, 6.07) is 7.01. The van der Waals surface area contributed by atoms with Gasteiger partial charge in [0.15, 0.2) is 0 Å². The van der Waals surface area contributed by atoms with Crippen molar-refractivity contribution in [3.05, 3.63) is 63.1 Å². The topological polar surface area (TPSA) is 55.1 Å². The van der Waals surface area contributed by atoms with Crippen LogP contribution in [0.1, 0.15) is 21.5 Å². The van der Waals surface area contributed by atoms with Gasteiger partial charge in [-0.25, -0.2) is 8.78 Å². The molecule has 0 aliphatic carbocycles. The molecule has 6 heteroatoms. The minimum absolute atomic E-state index is 0.113. The molecule has 0 unspecified atom stereocenters. The first kappa shape index (κ1) is 15.4. The number of nitrogens with one attached hydrogen (secondary N) is 1. The van der Waals surface area contributed by atoms with E-state index < -0.39 is 17.5 Å². The molecule has 110 valence electrons. The lowest BCUT2D eigenvalue weighted by Gasteiger charge is -2.11. The summed E-state index contributed by atoms with van der Waals surface area (Å²) in [6.07, 6.45) is 0. The molecule has 0 aromatic heterocycles. The molecule has 0 bridgehead atoms. The SMILES string of the molecule is Cc1cc(Br)c(F)cc1NCc1ccc(C(N)=O)cc1F. The summed E-state index contributed by atoms with van der Waals surface area (Å²) in [6.45, 7) is 1.99. The zero-order valence-electron chi connectivity index (χ0n) is 11.2. The summed E-state index contributed by atoms with van der Waals surface area (Å²) >= 11 is 3.10. The van der Waals surface area contributed by atoms with Crippen molar-refractivity contribution in [3.8, 4) is 0 Å². The van der Waals surface area contributed by atoms with E-state index in [9.17, 15) is 13.6 Å². The van der Waals surface area contributed by atoms with Crippen LogP contribution in [0.15, 0.2) is 34.8 Å². The molecule has 2 aromatic rings. The van der Waals surface area contributed by atoms with E-state index >= 15 is 0 Å². The molecule has 0 fully saturated rings. The molecular formula is C15H13BrF2N2O. The van der Waals surface area contributed by atoms with Crippen molar-refractivity contribution in [2.75, 3.05) is 5.32 Å². The van der Waals surface area contributed by atoms with E-state index in [1.54, 1.807) is 6.07 Å². The van der Waals surface area contributed by atoms with Crippen LogP contribution in [0.5, 0.6) is 0 Å². The predicted molar refractivity (Wildman–Crippen MR) is 81.1 cm³/mol. The van der Waals surface area contributed by atoms with Crippen molar-refractivity contribution < 1.29 is 13.6 Å². The molecule has 21 heavy (non-hydrogen) atoms. The predicted octanol–water partition coefficient (Wildman–Crippen LogP) is 3.75. The first-order valence-corrected chi connectivity index (χ1v) is 6.95. The number of aryl methyl sites for hydroxylation is 1. The van der Waals surface area contributed by atoms with Gasteiger partial charge in [-0.15, -0.1) is 0 Å². The van der Waals surface area contributed by atoms with Crippen molar-refractivity contribution in [1.29, 1.82) is 0 Å². The third-order valence-electron chi connectivity index (χ3n) is 3.07. The number of hydrogen-bond acceptors (Lipinski definition) is 2. The number of anilines is 1. The molecule has 3 N–H and O–H groups in total. The third-order valence-corrected chi connectivity index (χ3v) is 3.68. The van der Waals surface area contributed by atoms with Crippen molar-refractivity contribution in [2.45, 2.75) is 13.5 Å². The molecule has 1 amide bonds.